The van der Waals surface area contributed by atoms with Crippen LogP contribution in [0.5, 0.6) is 0 Å². The molecular formula is C21H52O20S4. The van der Waals surface area contributed by atoms with Gasteiger partial charge in [-0.15, -0.1) is 0 Å². The Labute approximate surface area is 275 Å². The van der Waals surface area contributed by atoms with Crippen LogP contribution in [0.15, 0.2) is 0 Å². The van der Waals surface area contributed by atoms with Crippen LogP contribution in [0.4, 0.5) is 0 Å². The summed E-state index contributed by atoms with van der Waals surface area (Å²) < 4.78 is 0. The van der Waals surface area contributed by atoms with Crippen LogP contribution in [-0.2, 0) is 0 Å². The molecule has 0 unspecified atom stereocenters. The fourth-order valence-electron chi connectivity index (χ4n) is 1.31. The van der Waals surface area contributed by atoms with Crippen LogP contribution in [0, 0.1) is 0 Å². The molecule has 0 aromatic carbocycles. The molecule has 20 N–H and O–H groups in total. The molecule has 0 amide bonds. The zero-order chi connectivity index (χ0) is 36.4. The maximum absolute atomic E-state index is 8.47. The first kappa shape index (κ1) is 55.0. The molecule has 0 saturated carbocycles. The Balaban J connectivity index is -0.000000143. The van der Waals surface area contributed by atoms with E-state index in [1.807, 2.05) is 41.2 Å². The fraction of sp³-hybridized carbons (Fsp3) is 1.00. The van der Waals surface area contributed by atoms with Gasteiger partial charge in [0.25, 0.3) is 0 Å². The van der Waals surface area contributed by atoms with E-state index in [0.29, 0.717) is 0 Å². The van der Waals surface area contributed by atoms with E-state index in [4.69, 9.17) is 102 Å². The van der Waals surface area contributed by atoms with Gasteiger partial charge in [0, 0.05) is 0 Å². The molecule has 24 heteroatoms. The second kappa shape index (κ2) is 40.8. The molecule has 1 heterocycles. The lowest BCUT2D eigenvalue weighted by molar-refractivity contribution is -0.0388. The van der Waals surface area contributed by atoms with Gasteiger partial charge >= 0.3 is 0 Å². The molecule has 0 aromatic heterocycles. The second-order valence-electron chi connectivity index (χ2n) is 7.99. The monoisotopic (exact) mass is 752 g/mol. The number of aliphatic hydroxyl groups excluding tert-OH is 20. The minimum Gasteiger partial charge on any atom is -0.394 e. The molecule has 1 aliphatic heterocycles. The van der Waals surface area contributed by atoms with E-state index in [1.54, 1.807) is 0 Å². The van der Waals surface area contributed by atoms with Crippen LogP contribution in [0.3, 0.4) is 0 Å². The predicted octanol–water partition coefficient (Wildman–Crippen LogP) is -8.90. The fourth-order valence-corrected chi connectivity index (χ4v) is 9.17. The van der Waals surface area contributed by atoms with Gasteiger partial charge < -0.3 is 102 Å². The van der Waals surface area contributed by atoms with Gasteiger partial charge in [0.05, 0.1) is 71.2 Å². The third-order valence-corrected chi connectivity index (χ3v) is 11.5. The van der Waals surface area contributed by atoms with E-state index >= 15 is 0 Å². The van der Waals surface area contributed by atoms with Crippen molar-refractivity contribution in [2.45, 2.75) is 61.0 Å². The molecule has 0 aliphatic carbocycles. The number of hydrogen-bond donors (Lipinski definition) is 20. The SMILES string of the molecule is C1SSSS1.OC[C@@H](O)[C@@H](O)CO.OC[C@@H](O)[C@@H](O)CO.OC[C@@H](O)[C@@H](O)CO.OC[C@@H](O)[C@@H](O)CO.OC[C@@H](O)[C@@H](O)CO. The Morgan fingerprint density at radius 1 is 0.267 bits per heavy atom. The average Bonchev–Trinajstić information content (AvgIpc) is 3.69. The van der Waals surface area contributed by atoms with Gasteiger partial charge in [-0.25, -0.2) is 0 Å². The van der Waals surface area contributed by atoms with Crippen molar-refractivity contribution in [3.05, 3.63) is 0 Å². The first-order valence-corrected chi connectivity index (χ1v) is 17.7. The maximum Gasteiger partial charge on any atom is 0.105 e. The molecular weight excluding hydrogens is 700 g/mol. The Hall–Kier alpha value is 0.600. The smallest absolute Gasteiger partial charge is 0.105 e. The topological polar surface area (TPSA) is 405 Å². The van der Waals surface area contributed by atoms with Crippen molar-refractivity contribution in [3.63, 3.8) is 0 Å². The van der Waals surface area contributed by atoms with Gasteiger partial charge in [0.15, 0.2) is 0 Å². The van der Waals surface area contributed by atoms with E-state index in [9.17, 15) is 0 Å². The van der Waals surface area contributed by atoms with Crippen LogP contribution in [0.25, 0.3) is 0 Å². The Morgan fingerprint density at radius 3 is 0.422 bits per heavy atom. The van der Waals surface area contributed by atoms with Gasteiger partial charge in [-0.1, -0.05) is 21.6 Å². The minimum absolute atomic E-state index is 0.526. The lowest BCUT2D eigenvalue weighted by Crippen LogP contribution is -2.31. The summed E-state index contributed by atoms with van der Waals surface area (Å²) in [5.74, 6) is 0. The maximum atomic E-state index is 8.47. The third kappa shape index (κ3) is 38.9. The minimum atomic E-state index is -1.22. The van der Waals surface area contributed by atoms with Crippen LogP contribution in [-0.4, -0.2) is 234 Å². The van der Waals surface area contributed by atoms with Gasteiger partial charge in [0.2, 0.25) is 0 Å². The molecule has 0 aromatic rings. The van der Waals surface area contributed by atoms with Crippen molar-refractivity contribution < 1.29 is 102 Å². The Morgan fingerprint density at radius 2 is 0.378 bits per heavy atom. The average molecular weight is 753 g/mol. The van der Waals surface area contributed by atoms with E-state index in [2.05, 4.69) is 0 Å². The van der Waals surface area contributed by atoms with Gasteiger partial charge in [-0.2, -0.15) is 0 Å². The third-order valence-electron chi connectivity index (χ3n) is 4.31. The lowest BCUT2D eigenvalue weighted by Gasteiger charge is -2.10. The van der Waals surface area contributed by atoms with E-state index < -0.39 is 127 Å². The van der Waals surface area contributed by atoms with E-state index in [1.165, 1.54) is 5.08 Å². The molecule has 1 fully saturated rings. The summed E-state index contributed by atoms with van der Waals surface area (Å²) in [6.07, 6.45) is -12.2. The summed E-state index contributed by atoms with van der Waals surface area (Å²) in [6, 6.07) is 0. The van der Waals surface area contributed by atoms with Gasteiger partial charge in [-0.3, -0.25) is 0 Å². The van der Waals surface area contributed by atoms with Crippen molar-refractivity contribution in [2.75, 3.05) is 71.2 Å². The number of hydrogen-bond acceptors (Lipinski definition) is 24. The molecule has 45 heavy (non-hydrogen) atoms. The molecule has 20 nitrogen and oxygen atoms in total. The summed E-state index contributed by atoms with van der Waals surface area (Å²) in [6.45, 7) is -5.26. The van der Waals surface area contributed by atoms with Crippen LogP contribution in [0.2, 0.25) is 0 Å². The van der Waals surface area contributed by atoms with Crippen molar-refractivity contribution >= 4 is 41.2 Å². The first-order valence-electron chi connectivity index (χ1n) is 12.6. The zero-order valence-electron chi connectivity index (χ0n) is 24.1. The van der Waals surface area contributed by atoms with Crippen LogP contribution in [0.1, 0.15) is 0 Å². The normalized spacial score (nSPS) is 18.7. The summed E-state index contributed by atoms with van der Waals surface area (Å²) >= 11 is 0. The van der Waals surface area contributed by atoms with Crippen molar-refractivity contribution in [1.29, 1.82) is 0 Å². The standard InChI is InChI=1S/5C4H10O4.CH2S4/c5*5-1-3(7)4(8)2-6;1-2-4-5-3-1/h5*3-8H,1-2H2;1H2/t5*3-,4+;. The van der Waals surface area contributed by atoms with Crippen molar-refractivity contribution in [2.24, 2.45) is 0 Å². The molecule has 1 rings (SSSR count). The molecule has 0 bridgehead atoms. The van der Waals surface area contributed by atoms with Crippen LogP contribution >= 0.6 is 41.2 Å². The molecule has 1 aliphatic rings. The van der Waals surface area contributed by atoms with Crippen molar-refractivity contribution in [1.82, 2.24) is 0 Å². The highest BCUT2D eigenvalue weighted by Crippen LogP contribution is 2.53. The molecule has 10 atom stereocenters. The highest BCUT2D eigenvalue weighted by Gasteiger charge is 2.14. The van der Waals surface area contributed by atoms with Gasteiger partial charge in [-0.05, 0) is 19.7 Å². The first-order chi connectivity index (χ1) is 21.1. The van der Waals surface area contributed by atoms with Crippen LogP contribution < -0.4 is 0 Å². The Kier molecular flexibility index (Phi) is 49.9. The lowest BCUT2D eigenvalue weighted by atomic mass is 10.2. The molecule has 0 spiro atoms. The molecule has 280 valence electrons. The second-order valence-corrected chi connectivity index (χ2v) is 14.4. The summed E-state index contributed by atoms with van der Waals surface area (Å²) in [5, 5.41) is 167. The molecule has 0 radical (unpaired) electrons. The molecule has 1 saturated heterocycles. The largest absolute Gasteiger partial charge is 0.394 e. The van der Waals surface area contributed by atoms with E-state index in [-0.39, 0.29) is 0 Å². The highest BCUT2D eigenvalue weighted by atomic mass is 33.7. The zero-order valence-corrected chi connectivity index (χ0v) is 27.4. The summed E-state index contributed by atoms with van der Waals surface area (Å²) in [4.78, 5) is 0. The Bertz CT molecular complexity index is 410. The number of rotatable bonds is 15. The summed E-state index contributed by atoms with van der Waals surface area (Å²) in [5.41, 5.74) is 0. The van der Waals surface area contributed by atoms with Gasteiger partial charge in [0.1, 0.15) is 61.0 Å². The van der Waals surface area contributed by atoms with Crippen molar-refractivity contribution in [3.8, 4) is 0 Å². The predicted molar refractivity (Wildman–Crippen MR) is 166 cm³/mol. The number of aliphatic hydroxyl groups is 20. The summed E-state index contributed by atoms with van der Waals surface area (Å²) in [7, 11) is 7.57. The quantitative estimate of drug-likeness (QED) is 0.0690. The van der Waals surface area contributed by atoms with E-state index in [0.717, 1.165) is 0 Å². The highest BCUT2D eigenvalue weighted by molar-refractivity contribution is 9.30.